The molecule has 0 saturated heterocycles. The number of aliphatic imine (C=N–C) groups is 1. The SMILES string of the molecule is CCCCOCCNC(=NC)NCCOCC. The summed E-state index contributed by atoms with van der Waals surface area (Å²) in [6.45, 7) is 8.69. The van der Waals surface area contributed by atoms with Gasteiger partial charge in [0.25, 0.3) is 0 Å². The van der Waals surface area contributed by atoms with Crippen molar-refractivity contribution in [2.45, 2.75) is 26.7 Å². The van der Waals surface area contributed by atoms with Gasteiger partial charge in [0.1, 0.15) is 0 Å². The van der Waals surface area contributed by atoms with Crippen molar-refractivity contribution in [3.05, 3.63) is 0 Å². The first kappa shape index (κ1) is 16.2. The maximum absolute atomic E-state index is 5.44. The normalized spacial score (nSPS) is 11.6. The van der Waals surface area contributed by atoms with Crippen LogP contribution in [0.2, 0.25) is 0 Å². The monoisotopic (exact) mass is 245 g/mol. The molecule has 17 heavy (non-hydrogen) atoms. The Morgan fingerprint density at radius 2 is 1.65 bits per heavy atom. The van der Waals surface area contributed by atoms with Crippen molar-refractivity contribution in [1.82, 2.24) is 10.6 Å². The lowest BCUT2D eigenvalue weighted by Gasteiger charge is -2.11. The number of hydrogen-bond donors (Lipinski definition) is 2. The molecular formula is C12H27N3O2. The number of hydrogen-bond acceptors (Lipinski definition) is 3. The minimum atomic E-state index is 0.699. The highest BCUT2D eigenvalue weighted by Crippen LogP contribution is 1.86. The molecule has 0 fully saturated rings. The Hall–Kier alpha value is -0.810. The molecule has 102 valence electrons. The lowest BCUT2D eigenvalue weighted by molar-refractivity contribution is 0.135. The standard InChI is InChI=1S/C12H27N3O2/c1-4-6-9-17-11-8-15-12(13-3)14-7-10-16-5-2/h4-11H2,1-3H3,(H2,13,14,15). The summed E-state index contributed by atoms with van der Waals surface area (Å²) in [6.07, 6.45) is 2.30. The van der Waals surface area contributed by atoms with Gasteiger partial charge in [-0.1, -0.05) is 13.3 Å². The van der Waals surface area contributed by atoms with Crippen LogP contribution in [-0.2, 0) is 9.47 Å². The zero-order valence-corrected chi connectivity index (χ0v) is 11.4. The molecule has 0 amide bonds. The molecule has 0 saturated carbocycles. The molecule has 0 aliphatic carbocycles. The second-order valence-corrected chi connectivity index (χ2v) is 3.59. The van der Waals surface area contributed by atoms with Crippen LogP contribution in [0.3, 0.4) is 0 Å². The molecule has 0 unspecified atom stereocenters. The molecule has 2 N–H and O–H groups in total. The van der Waals surface area contributed by atoms with Crippen LogP contribution in [0.5, 0.6) is 0 Å². The molecule has 0 aromatic carbocycles. The Morgan fingerprint density at radius 1 is 1.00 bits per heavy atom. The molecule has 0 aromatic heterocycles. The van der Waals surface area contributed by atoms with E-state index in [0.29, 0.717) is 13.2 Å². The van der Waals surface area contributed by atoms with E-state index in [1.807, 2.05) is 6.92 Å². The van der Waals surface area contributed by atoms with Crippen molar-refractivity contribution < 1.29 is 9.47 Å². The molecule has 0 aromatic rings. The number of ether oxygens (including phenoxy) is 2. The highest BCUT2D eigenvalue weighted by Gasteiger charge is 1.95. The van der Waals surface area contributed by atoms with E-state index in [9.17, 15) is 0 Å². The largest absolute Gasteiger partial charge is 0.380 e. The summed E-state index contributed by atoms with van der Waals surface area (Å²) in [5.41, 5.74) is 0. The minimum absolute atomic E-state index is 0.699. The molecule has 0 aliphatic heterocycles. The van der Waals surface area contributed by atoms with Gasteiger partial charge in [-0.3, -0.25) is 4.99 Å². The molecule has 0 aliphatic rings. The Morgan fingerprint density at radius 3 is 2.18 bits per heavy atom. The molecule has 0 radical (unpaired) electrons. The lowest BCUT2D eigenvalue weighted by atomic mass is 10.4. The summed E-state index contributed by atoms with van der Waals surface area (Å²) in [4.78, 5) is 4.10. The number of nitrogens with one attached hydrogen (secondary N) is 2. The van der Waals surface area contributed by atoms with Gasteiger partial charge in [-0.25, -0.2) is 0 Å². The van der Waals surface area contributed by atoms with Gasteiger partial charge in [0.2, 0.25) is 0 Å². The van der Waals surface area contributed by atoms with E-state index in [0.717, 1.165) is 38.7 Å². The Bertz CT molecular complexity index is 187. The number of guanidine groups is 1. The summed E-state index contributed by atoms with van der Waals surface area (Å²) >= 11 is 0. The van der Waals surface area contributed by atoms with Gasteiger partial charge >= 0.3 is 0 Å². The van der Waals surface area contributed by atoms with Crippen molar-refractivity contribution in [2.75, 3.05) is 46.6 Å². The van der Waals surface area contributed by atoms with E-state index < -0.39 is 0 Å². The molecule has 0 spiro atoms. The van der Waals surface area contributed by atoms with Gasteiger partial charge in [-0.05, 0) is 13.3 Å². The number of rotatable bonds is 10. The third-order valence-corrected chi connectivity index (χ3v) is 2.15. The molecule has 0 atom stereocenters. The van der Waals surface area contributed by atoms with E-state index in [1.54, 1.807) is 7.05 Å². The fraction of sp³-hybridized carbons (Fsp3) is 0.917. The lowest BCUT2D eigenvalue weighted by Crippen LogP contribution is -2.40. The van der Waals surface area contributed by atoms with Gasteiger partial charge < -0.3 is 20.1 Å². The zero-order chi connectivity index (χ0) is 12.8. The third-order valence-electron chi connectivity index (χ3n) is 2.15. The van der Waals surface area contributed by atoms with Crippen LogP contribution in [-0.4, -0.2) is 52.5 Å². The quantitative estimate of drug-likeness (QED) is 0.342. The molecular weight excluding hydrogens is 218 g/mol. The second kappa shape index (κ2) is 13.3. The predicted octanol–water partition coefficient (Wildman–Crippen LogP) is 1.00. The summed E-state index contributed by atoms with van der Waals surface area (Å²) < 4.78 is 10.7. The van der Waals surface area contributed by atoms with Gasteiger partial charge in [-0.15, -0.1) is 0 Å². The minimum Gasteiger partial charge on any atom is -0.380 e. The third kappa shape index (κ3) is 11.5. The van der Waals surface area contributed by atoms with Crippen LogP contribution < -0.4 is 10.6 Å². The van der Waals surface area contributed by atoms with Crippen molar-refractivity contribution in [1.29, 1.82) is 0 Å². The van der Waals surface area contributed by atoms with E-state index in [2.05, 4.69) is 22.5 Å². The number of nitrogens with zero attached hydrogens (tertiary/aromatic N) is 1. The summed E-state index contributed by atoms with van der Waals surface area (Å²) in [7, 11) is 1.76. The molecule has 0 bridgehead atoms. The second-order valence-electron chi connectivity index (χ2n) is 3.59. The van der Waals surface area contributed by atoms with Crippen LogP contribution in [0.15, 0.2) is 4.99 Å². The fourth-order valence-corrected chi connectivity index (χ4v) is 1.20. The topological polar surface area (TPSA) is 54.9 Å². The van der Waals surface area contributed by atoms with Crippen LogP contribution >= 0.6 is 0 Å². The van der Waals surface area contributed by atoms with Gasteiger partial charge in [0.05, 0.1) is 13.2 Å². The van der Waals surface area contributed by atoms with Crippen molar-refractivity contribution >= 4 is 5.96 Å². The van der Waals surface area contributed by atoms with Crippen LogP contribution in [0.25, 0.3) is 0 Å². The Balaban J connectivity index is 3.36. The Labute approximate surface area is 105 Å². The predicted molar refractivity (Wildman–Crippen MR) is 71.6 cm³/mol. The summed E-state index contributed by atoms with van der Waals surface area (Å²) in [5, 5.41) is 6.35. The fourth-order valence-electron chi connectivity index (χ4n) is 1.20. The van der Waals surface area contributed by atoms with Crippen LogP contribution in [0, 0.1) is 0 Å². The smallest absolute Gasteiger partial charge is 0.191 e. The molecule has 0 rings (SSSR count). The highest BCUT2D eigenvalue weighted by molar-refractivity contribution is 5.79. The van der Waals surface area contributed by atoms with E-state index in [4.69, 9.17) is 9.47 Å². The maximum atomic E-state index is 5.44. The van der Waals surface area contributed by atoms with Crippen LogP contribution in [0.4, 0.5) is 0 Å². The first-order valence-corrected chi connectivity index (χ1v) is 6.45. The Kier molecular flexibility index (Phi) is 12.6. The van der Waals surface area contributed by atoms with E-state index in [1.165, 1.54) is 6.42 Å². The number of unbranched alkanes of at least 4 members (excludes halogenated alkanes) is 1. The molecule has 0 heterocycles. The van der Waals surface area contributed by atoms with Crippen molar-refractivity contribution in [3.8, 4) is 0 Å². The maximum Gasteiger partial charge on any atom is 0.191 e. The zero-order valence-electron chi connectivity index (χ0n) is 11.4. The van der Waals surface area contributed by atoms with Crippen LogP contribution in [0.1, 0.15) is 26.7 Å². The van der Waals surface area contributed by atoms with Gasteiger partial charge in [0, 0.05) is 33.4 Å². The van der Waals surface area contributed by atoms with Crippen molar-refractivity contribution in [3.63, 3.8) is 0 Å². The molecule has 5 heteroatoms. The molecule has 5 nitrogen and oxygen atoms in total. The van der Waals surface area contributed by atoms with Crippen molar-refractivity contribution in [2.24, 2.45) is 4.99 Å². The summed E-state index contributed by atoms with van der Waals surface area (Å²) in [5.74, 6) is 0.795. The average molecular weight is 245 g/mol. The van der Waals surface area contributed by atoms with Gasteiger partial charge in [-0.2, -0.15) is 0 Å². The first-order valence-electron chi connectivity index (χ1n) is 6.45. The van der Waals surface area contributed by atoms with E-state index in [-0.39, 0.29) is 0 Å². The summed E-state index contributed by atoms with van der Waals surface area (Å²) in [6, 6.07) is 0. The highest BCUT2D eigenvalue weighted by atomic mass is 16.5. The van der Waals surface area contributed by atoms with Gasteiger partial charge in [0.15, 0.2) is 5.96 Å². The van der Waals surface area contributed by atoms with E-state index >= 15 is 0 Å². The average Bonchev–Trinajstić information content (AvgIpc) is 2.36. The first-order chi connectivity index (χ1) is 8.35.